The van der Waals surface area contributed by atoms with Crippen molar-refractivity contribution in [2.24, 2.45) is 0 Å². The Morgan fingerprint density at radius 2 is 2.05 bits per heavy atom. The van der Waals surface area contributed by atoms with Crippen LogP contribution in [-0.4, -0.2) is 24.5 Å². The smallest absolute Gasteiger partial charge is 0.221 e. The molecule has 0 atom stereocenters. The number of hydrogen-bond donors (Lipinski definition) is 2. The summed E-state index contributed by atoms with van der Waals surface area (Å²) >= 11 is 0. The van der Waals surface area contributed by atoms with Gasteiger partial charge >= 0.3 is 0 Å². The summed E-state index contributed by atoms with van der Waals surface area (Å²) in [5, 5.41) is 6.13. The van der Waals surface area contributed by atoms with Gasteiger partial charge in [-0.2, -0.15) is 0 Å². The van der Waals surface area contributed by atoms with Crippen molar-refractivity contribution in [1.82, 2.24) is 15.6 Å². The van der Waals surface area contributed by atoms with E-state index in [2.05, 4.69) is 15.6 Å². The molecule has 22 heavy (non-hydrogen) atoms. The zero-order chi connectivity index (χ0) is 15.6. The van der Waals surface area contributed by atoms with Gasteiger partial charge in [0.2, 0.25) is 5.91 Å². The molecule has 0 spiro atoms. The summed E-state index contributed by atoms with van der Waals surface area (Å²) in [6.45, 7) is 1.83. The first-order chi connectivity index (χ1) is 10.8. The van der Waals surface area contributed by atoms with Gasteiger partial charge in [0.1, 0.15) is 5.75 Å². The molecule has 0 aliphatic rings. The maximum absolute atomic E-state index is 11.8. The van der Waals surface area contributed by atoms with Gasteiger partial charge in [0, 0.05) is 44.0 Å². The van der Waals surface area contributed by atoms with Crippen LogP contribution in [0.1, 0.15) is 17.5 Å². The lowest BCUT2D eigenvalue weighted by Crippen LogP contribution is -2.27. The molecule has 1 aromatic carbocycles. The third-order valence-corrected chi connectivity index (χ3v) is 3.25. The Bertz CT molecular complexity index is 587. The van der Waals surface area contributed by atoms with Crippen LogP contribution in [0.2, 0.25) is 0 Å². The summed E-state index contributed by atoms with van der Waals surface area (Å²) in [6, 6.07) is 11.6. The Morgan fingerprint density at radius 1 is 1.18 bits per heavy atom. The minimum atomic E-state index is 0.0181. The molecule has 5 heteroatoms. The second-order valence-electron chi connectivity index (χ2n) is 4.88. The highest BCUT2D eigenvalue weighted by Crippen LogP contribution is 2.16. The van der Waals surface area contributed by atoms with E-state index < -0.39 is 0 Å². The van der Waals surface area contributed by atoms with Gasteiger partial charge < -0.3 is 15.4 Å². The van der Waals surface area contributed by atoms with Gasteiger partial charge in [-0.3, -0.25) is 9.78 Å². The van der Waals surface area contributed by atoms with E-state index >= 15 is 0 Å². The maximum Gasteiger partial charge on any atom is 0.221 e. The quantitative estimate of drug-likeness (QED) is 0.731. The molecule has 0 fully saturated rings. The second kappa shape index (κ2) is 8.79. The van der Waals surface area contributed by atoms with Crippen LogP contribution in [0.3, 0.4) is 0 Å². The molecule has 2 N–H and O–H groups in total. The number of amides is 1. The Hall–Kier alpha value is -2.40. The van der Waals surface area contributed by atoms with Crippen LogP contribution < -0.4 is 15.4 Å². The number of nitrogens with one attached hydrogen (secondary N) is 2. The molecule has 2 aromatic rings. The van der Waals surface area contributed by atoms with E-state index in [-0.39, 0.29) is 5.91 Å². The molecule has 0 saturated carbocycles. The van der Waals surface area contributed by atoms with Gasteiger partial charge in [-0.05, 0) is 17.7 Å². The Balaban J connectivity index is 1.66. The van der Waals surface area contributed by atoms with Crippen molar-refractivity contribution in [2.75, 3.05) is 13.7 Å². The molecule has 0 saturated heterocycles. The molecule has 0 bridgehead atoms. The van der Waals surface area contributed by atoms with Gasteiger partial charge in [-0.25, -0.2) is 0 Å². The van der Waals surface area contributed by atoms with Gasteiger partial charge in [0.25, 0.3) is 0 Å². The summed E-state index contributed by atoms with van der Waals surface area (Å²) < 4.78 is 5.26. The number of rotatable bonds is 8. The van der Waals surface area contributed by atoms with Crippen molar-refractivity contribution in [3.63, 3.8) is 0 Å². The molecular weight excluding hydrogens is 278 g/mol. The fraction of sp³-hybridized carbons (Fsp3) is 0.294. The lowest BCUT2D eigenvalue weighted by molar-refractivity contribution is -0.121. The highest BCUT2D eigenvalue weighted by Gasteiger charge is 2.04. The fourth-order valence-electron chi connectivity index (χ4n) is 2.07. The normalized spacial score (nSPS) is 10.2. The zero-order valence-corrected chi connectivity index (χ0v) is 12.7. The van der Waals surface area contributed by atoms with Crippen molar-refractivity contribution in [2.45, 2.75) is 19.5 Å². The van der Waals surface area contributed by atoms with E-state index in [4.69, 9.17) is 4.74 Å². The molecule has 0 radical (unpaired) electrons. The maximum atomic E-state index is 11.8. The largest absolute Gasteiger partial charge is 0.496 e. The first kappa shape index (κ1) is 16.0. The van der Waals surface area contributed by atoms with E-state index in [9.17, 15) is 4.79 Å². The average molecular weight is 299 g/mol. The molecule has 2 rings (SSSR count). The molecular formula is C17H21N3O2. The summed E-state index contributed by atoms with van der Waals surface area (Å²) in [5.74, 6) is 0.807. The lowest BCUT2D eigenvalue weighted by atomic mass is 10.2. The van der Waals surface area contributed by atoms with Crippen LogP contribution >= 0.6 is 0 Å². The summed E-state index contributed by atoms with van der Waals surface area (Å²) in [7, 11) is 1.63. The minimum Gasteiger partial charge on any atom is -0.496 e. The highest BCUT2D eigenvalue weighted by molar-refractivity contribution is 5.76. The van der Waals surface area contributed by atoms with Gasteiger partial charge in [0.05, 0.1) is 7.11 Å². The monoisotopic (exact) mass is 299 g/mol. The van der Waals surface area contributed by atoms with Crippen LogP contribution in [0.5, 0.6) is 5.75 Å². The second-order valence-corrected chi connectivity index (χ2v) is 4.88. The molecule has 116 valence electrons. The standard InChI is InChI=1S/C17H21N3O2/c1-22-16-7-3-2-6-15(16)13-20-17(21)8-10-19-12-14-5-4-9-18-11-14/h2-7,9,11,19H,8,10,12-13H2,1H3,(H,20,21). The van der Waals surface area contributed by atoms with Crippen LogP contribution in [0.25, 0.3) is 0 Å². The van der Waals surface area contributed by atoms with Crippen LogP contribution in [-0.2, 0) is 17.9 Å². The molecule has 5 nitrogen and oxygen atoms in total. The van der Waals surface area contributed by atoms with E-state index in [1.165, 1.54) is 0 Å². The third kappa shape index (κ3) is 5.18. The Labute approximate surface area is 130 Å². The van der Waals surface area contributed by atoms with Gasteiger partial charge in [-0.15, -0.1) is 0 Å². The minimum absolute atomic E-state index is 0.0181. The highest BCUT2D eigenvalue weighted by atomic mass is 16.5. The summed E-state index contributed by atoms with van der Waals surface area (Å²) in [5.41, 5.74) is 2.08. The molecule has 0 aliphatic heterocycles. The number of hydrogen-bond acceptors (Lipinski definition) is 4. The van der Waals surface area contributed by atoms with Crippen molar-refractivity contribution in [3.8, 4) is 5.75 Å². The van der Waals surface area contributed by atoms with Crippen LogP contribution in [0.15, 0.2) is 48.8 Å². The molecule has 0 aliphatic carbocycles. The first-order valence-corrected chi connectivity index (χ1v) is 7.28. The van der Waals surface area contributed by atoms with Crippen molar-refractivity contribution in [1.29, 1.82) is 0 Å². The summed E-state index contributed by atoms with van der Waals surface area (Å²) in [4.78, 5) is 15.9. The average Bonchev–Trinajstić information content (AvgIpc) is 2.58. The van der Waals surface area contributed by atoms with Gasteiger partial charge in [0.15, 0.2) is 0 Å². The number of nitrogens with zero attached hydrogens (tertiary/aromatic N) is 1. The number of carbonyl (C=O) groups excluding carboxylic acids is 1. The Morgan fingerprint density at radius 3 is 2.82 bits per heavy atom. The number of ether oxygens (including phenoxy) is 1. The predicted molar refractivity (Wildman–Crippen MR) is 85.4 cm³/mol. The van der Waals surface area contributed by atoms with Gasteiger partial charge in [-0.1, -0.05) is 24.3 Å². The molecule has 1 aromatic heterocycles. The summed E-state index contributed by atoms with van der Waals surface area (Å²) in [6.07, 6.45) is 4.00. The first-order valence-electron chi connectivity index (χ1n) is 7.28. The van der Waals surface area contributed by atoms with Crippen molar-refractivity contribution < 1.29 is 9.53 Å². The predicted octanol–water partition coefficient (Wildman–Crippen LogP) is 1.89. The van der Waals surface area contributed by atoms with Crippen molar-refractivity contribution in [3.05, 3.63) is 59.9 Å². The number of carbonyl (C=O) groups is 1. The van der Waals surface area contributed by atoms with Crippen LogP contribution in [0.4, 0.5) is 0 Å². The molecule has 1 heterocycles. The SMILES string of the molecule is COc1ccccc1CNC(=O)CCNCc1cccnc1. The van der Waals surface area contributed by atoms with Crippen LogP contribution in [0, 0.1) is 0 Å². The van der Waals surface area contributed by atoms with E-state index in [1.54, 1.807) is 13.3 Å². The number of methoxy groups -OCH3 is 1. The molecule has 1 amide bonds. The third-order valence-electron chi connectivity index (χ3n) is 3.25. The Kier molecular flexibility index (Phi) is 6.39. The van der Waals surface area contributed by atoms with Crippen molar-refractivity contribution >= 4 is 5.91 Å². The topological polar surface area (TPSA) is 63.2 Å². The van der Waals surface area contributed by atoms with E-state index in [0.717, 1.165) is 16.9 Å². The fourth-order valence-corrected chi connectivity index (χ4v) is 2.07. The van der Waals surface area contributed by atoms with E-state index in [0.29, 0.717) is 26.1 Å². The number of benzene rings is 1. The van der Waals surface area contributed by atoms with E-state index in [1.807, 2.05) is 42.6 Å². The zero-order valence-electron chi connectivity index (χ0n) is 12.7. The lowest BCUT2D eigenvalue weighted by Gasteiger charge is -2.10. The number of para-hydroxylation sites is 1. The molecule has 0 unspecified atom stereocenters. The number of pyridine rings is 1. The number of aromatic nitrogens is 1.